The van der Waals surface area contributed by atoms with Gasteiger partial charge in [-0.15, -0.1) is 11.8 Å². The zero-order chi connectivity index (χ0) is 21.0. The molecule has 0 radical (unpaired) electrons. The number of hydrogen-bond donors (Lipinski definition) is 2. The van der Waals surface area contributed by atoms with Crippen LogP contribution < -0.4 is 10.6 Å². The van der Waals surface area contributed by atoms with Crippen LogP contribution in [0.2, 0.25) is 0 Å². The van der Waals surface area contributed by atoms with Crippen molar-refractivity contribution >= 4 is 17.7 Å². The molecule has 1 aromatic carbocycles. The van der Waals surface area contributed by atoms with E-state index in [4.69, 9.17) is 0 Å². The number of unbranched alkanes of at least 4 members (excludes halogenated alkanes) is 4. The van der Waals surface area contributed by atoms with Crippen LogP contribution in [0.25, 0.3) is 0 Å². The first-order valence-corrected chi connectivity index (χ1v) is 13.3. The fourth-order valence-electron chi connectivity index (χ4n) is 6.42. The molecule has 1 aromatic rings. The van der Waals surface area contributed by atoms with Crippen molar-refractivity contribution in [3.8, 4) is 0 Å². The molecule has 2 aliphatic carbocycles. The molecule has 3 aliphatic rings. The first-order valence-electron chi connectivity index (χ1n) is 12.3. The van der Waals surface area contributed by atoms with Gasteiger partial charge in [0.1, 0.15) is 0 Å². The van der Waals surface area contributed by atoms with Crippen LogP contribution in [0, 0.1) is 17.8 Å². The Labute approximate surface area is 187 Å². The number of nitrogens with one attached hydrogen (secondary N) is 2. The number of fused-ring (bicyclic) bond motifs is 3. The molecule has 3 nitrogen and oxygen atoms in total. The number of benzene rings is 1. The maximum absolute atomic E-state index is 11.8. The average molecular weight is 429 g/mol. The summed E-state index contributed by atoms with van der Waals surface area (Å²) < 4.78 is 0. The van der Waals surface area contributed by atoms with E-state index in [1.165, 1.54) is 81.2 Å². The Morgan fingerprint density at radius 3 is 2.60 bits per heavy atom. The van der Waals surface area contributed by atoms with E-state index in [2.05, 4.69) is 30.5 Å². The van der Waals surface area contributed by atoms with Crippen molar-refractivity contribution in [2.45, 2.75) is 95.0 Å². The highest BCUT2D eigenvalue weighted by molar-refractivity contribution is 7.99. The summed E-state index contributed by atoms with van der Waals surface area (Å²) in [7, 11) is 0. The van der Waals surface area contributed by atoms with Gasteiger partial charge in [-0.05, 0) is 99.6 Å². The zero-order valence-corrected chi connectivity index (χ0v) is 19.8. The van der Waals surface area contributed by atoms with E-state index >= 15 is 0 Å². The van der Waals surface area contributed by atoms with Crippen molar-refractivity contribution in [2.24, 2.45) is 17.8 Å². The van der Waals surface area contributed by atoms with E-state index in [0.717, 1.165) is 29.1 Å². The summed E-state index contributed by atoms with van der Waals surface area (Å²) >= 11 is 1.92. The molecule has 166 valence electrons. The SMILES string of the molecule is CC1CC2CC(C1)CC(C)(NCCCCCCCSc1cccc3c1CNC3=O)C2. The van der Waals surface area contributed by atoms with Crippen LogP contribution in [0.4, 0.5) is 0 Å². The number of rotatable bonds is 10. The van der Waals surface area contributed by atoms with E-state index in [9.17, 15) is 4.79 Å². The molecule has 30 heavy (non-hydrogen) atoms. The van der Waals surface area contributed by atoms with Gasteiger partial charge in [0.2, 0.25) is 0 Å². The fraction of sp³-hybridized carbons (Fsp3) is 0.731. The lowest BCUT2D eigenvalue weighted by atomic mass is 9.62. The lowest BCUT2D eigenvalue weighted by molar-refractivity contribution is 0.0735. The monoisotopic (exact) mass is 428 g/mol. The van der Waals surface area contributed by atoms with Gasteiger partial charge in [-0.25, -0.2) is 0 Å². The first kappa shape index (κ1) is 22.2. The largest absolute Gasteiger partial charge is 0.348 e. The second-order valence-corrected chi connectivity index (χ2v) is 11.7. The van der Waals surface area contributed by atoms with E-state index in [1.807, 2.05) is 23.9 Å². The molecule has 4 heteroatoms. The van der Waals surface area contributed by atoms with Crippen molar-refractivity contribution in [1.82, 2.24) is 10.6 Å². The highest BCUT2D eigenvalue weighted by Gasteiger charge is 2.40. The van der Waals surface area contributed by atoms with Gasteiger partial charge in [0.25, 0.3) is 5.91 Å². The number of thioether (sulfide) groups is 1. The molecule has 1 aliphatic heterocycles. The molecule has 1 amide bonds. The van der Waals surface area contributed by atoms with Gasteiger partial charge >= 0.3 is 0 Å². The van der Waals surface area contributed by atoms with Crippen molar-refractivity contribution in [3.63, 3.8) is 0 Å². The minimum Gasteiger partial charge on any atom is -0.348 e. The Morgan fingerprint density at radius 1 is 1.07 bits per heavy atom. The van der Waals surface area contributed by atoms with Gasteiger partial charge in [-0.1, -0.05) is 32.3 Å². The van der Waals surface area contributed by atoms with Gasteiger partial charge in [0.05, 0.1) is 0 Å². The minimum absolute atomic E-state index is 0.0842. The summed E-state index contributed by atoms with van der Waals surface area (Å²) in [6.45, 7) is 6.84. The lowest BCUT2D eigenvalue weighted by Gasteiger charge is -2.47. The van der Waals surface area contributed by atoms with Crippen molar-refractivity contribution in [1.29, 1.82) is 0 Å². The smallest absolute Gasteiger partial charge is 0.251 e. The zero-order valence-electron chi connectivity index (χ0n) is 19.0. The molecule has 2 unspecified atom stereocenters. The molecule has 1 heterocycles. The topological polar surface area (TPSA) is 41.1 Å². The molecule has 2 bridgehead atoms. The molecule has 2 atom stereocenters. The number of amides is 1. The molecule has 2 N–H and O–H groups in total. The third kappa shape index (κ3) is 5.62. The third-order valence-electron chi connectivity index (χ3n) is 7.55. The average Bonchev–Trinajstić information content (AvgIpc) is 3.07. The Bertz CT molecular complexity index is 716. The molecule has 2 fully saturated rings. The third-order valence-corrected chi connectivity index (χ3v) is 8.74. The summed E-state index contributed by atoms with van der Waals surface area (Å²) in [4.78, 5) is 13.1. The van der Waals surface area contributed by atoms with E-state index < -0.39 is 0 Å². The second-order valence-electron chi connectivity index (χ2n) is 10.5. The van der Waals surface area contributed by atoms with Gasteiger partial charge in [-0.2, -0.15) is 0 Å². The summed E-state index contributed by atoms with van der Waals surface area (Å²) in [6.07, 6.45) is 13.8. The molecule has 2 saturated carbocycles. The second kappa shape index (κ2) is 10.1. The lowest BCUT2D eigenvalue weighted by Crippen LogP contribution is -2.50. The highest BCUT2D eigenvalue weighted by Crippen LogP contribution is 2.46. The highest BCUT2D eigenvalue weighted by atomic mass is 32.2. The molecular weight excluding hydrogens is 388 g/mol. The van der Waals surface area contributed by atoms with Gasteiger partial charge in [-0.3, -0.25) is 4.79 Å². The van der Waals surface area contributed by atoms with Crippen LogP contribution in [-0.4, -0.2) is 23.7 Å². The van der Waals surface area contributed by atoms with Gasteiger partial charge in [0.15, 0.2) is 0 Å². The molecule has 0 spiro atoms. The van der Waals surface area contributed by atoms with Crippen LogP contribution in [0.15, 0.2) is 23.1 Å². The van der Waals surface area contributed by atoms with Crippen LogP contribution >= 0.6 is 11.8 Å². The Kier molecular flexibility index (Phi) is 7.46. The number of hydrogen-bond acceptors (Lipinski definition) is 3. The number of carbonyl (C=O) groups is 1. The van der Waals surface area contributed by atoms with E-state index in [0.29, 0.717) is 12.1 Å². The summed E-state index contributed by atoms with van der Waals surface area (Å²) in [6, 6.07) is 6.12. The quantitative estimate of drug-likeness (QED) is 0.346. The maximum Gasteiger partial charge on any atom is 0.251 e. The molecule has 0 saturated heterocycles. The van der Waals surface area contributed by atoms with Crippen LogP contribution in [0.1, 0.15) is 94.0 Å². The van der Waals surface area contributed by atoms with Crippen LogP contribution in [-0.2, 0) is 6.54 Å². The standard InChI is InChI=1S/C26H40N2OS/c1-19-13-20-15-21(14-19)17-26(2,16-20)28-11-6-4-3-5-7-12-30-24-10-8-9-22-23(24)18-27-25(22)29/h8-10,19-21,28H,3-7,11-18H2,1-2H3,(H,27,29). The molecule has 0 aromatic heterocycles. The Morgan fingerprint density at radius 2 is 1.80 bits per heavy atom. The fourth-order valence-corrected chi connectivity index (χ4v) is 7.52. The number of carbonyl (C=O) groups excluding carboxylic acids is 1. The Balaban J connectivity index is 1.06. The van der Waals surface area contributed by atoms with Crippen molar-refractivity contribution in [3.05, 3.63) is 29.3 Å². The predicted molar refractivity (Wildman–Crippen MR) is 127 cm³/mol. The van der Waals surface area contributed by atoms with Gasteiger partial charge < -0.3 is 10.6 Å². The van der Waals surface area contributed by atoms with Crippen LogP contribution in [0.5, 0.6) is 0 Å². The van der Waals surface area contributed by atoms with E-state index in [1.54, 1.807) is 0 Å². The van der Waals surface area contributed by atoms with Gasteiger partial charge in [0, 0.05) is 22.5 Å². The predicted octanol–water partition coefficient (Wildman–Crippen LogP) is 6.17. The summed E-state index contributed by atoms with van der Waals surface area (Å²) in [5, 5.41) is 6.89. The molecule has 4 rings (SSSR count). The first-order chi connectivity index (χ1) is 14.5. The maximum atomic E-state index is 11.8. The minimum atomic E-state index is 0.0842. The van der Waals surface area contributed by atoms with Crippen LogP contribution in [0.3, 0.4) is 0 Å². The summed E-state index contributed by atoms with van der Waals surface area (Å²) in [5.74, 6) is 4.14. The van der Waals surface area contributed by atoms with Crippen molar-refractivity contribution < 1.29 is 4.79 Å². The normalized spacial score (nSPS) is 30.2. The summed E-state index contributed by atoms with van der Waals surface area (Å²) in [5.41, 5.74) is 2.47. The van der Waals surface area contributed by atoms with E-state index in [-0.39, 0.29) is 5.91 Å². The van der Waals surface area contributed by atoms with Crippen molar-refractivity contribution in [2.75, 3.05) is 12.3 Å². The Hall–Kier alpha value is -1.00. The molecular formula is C26H40N2OS.